The van der Waals surface area contributed by atoms with E-state index in [0.717, 1.165) is 30.3 Å². The third-order valence-electron chi connectivity index (χ3n) is 2.68. The Bertz CT molecular complexity index is 393. The van der Waals surface area contributed by atoms with Crippen molar-refractivity contribution >= 4 is 29.9 Å². The van der Waals surface area contributed by atoms with Crippen LogP contribution in [0.2, 0.25) is 0 Å². The van der Waals surface area contributed by atoms with Crippen LogP contribution in [0.5, 0.6) is 0 Å². The van der Waals surface area contributed by atoms with Crippen molar-refractivity contribution in [1.29, 1.82) is 0 Å². The lowest BCUT2D eigenvalue weighted by Crippen LogP contribution is -2.41. The van der Waals surface area contributed by atoms with Crippen molar-refractivity contribution in [3.05, 3.63) is 29.6 Å². The van der Waals surface area contributed by atoms with E-state index in [4.69, 9.17) is 0 Å². The number of nitrogens with one attached hydrogen (secondary N) is 2. The molecule has 0 aliphatic carbocycles. The summed E-state index contributed by atoms with van der Waals surface area (Å²) < 4.78 is 0. The zero-order valence-corrected chi connectivity index (χ0v) is 14.6. The fourth-order valence-electron chi connectivity index (χ4n) is 1.50. The summed E-state index contributed by atoms with van der Waals surface area (Å²) in [6, 6.07) is 6.44. The quantitative estimate of drug-likeness (QED) is 0.472. The highest BCUT2D eigenvalue weighted by Crippen LogP contribution is 1.99. The summed E-state index contributed by atoms with van der Waals surface area (Å²) in [5, 5.41) is 6.61. The van der Waals surface area contributed by atoms with Gasteiger partial charge in [0, 0.05) is 18.3 Å². The van der Waals surface area contributed by atoms with Crippen molar-refractivity contribution in [1.82, 2.24) is 15.6 Å². The van der Waals surface area contributed by atoms with Crippen LogP contribution in [0.15, 0.2) is 23.2 Å². The second-order valence-corrected chi connectivity index (χ2v) is 4.42. The van der Waals surface area contributed by atoms with Crippen molar-refractivity contribution in [2.24, 2.45) is 4.99 Å². The van der Waals surface area contributed by atoms with E-state index < -0.39 is 0 Å². The third-order valence-corrected chi connectivity index (χ3v) is 2.68. The zero-order chi connectivity index (χ0) is 13.4. The van der Waals surface area contributed by atoms with Gasteiger partial charge < -0.3 is 10.6 Å². The van der Waals surface area contributed by atoms with Crippen molar-refractivity contribution in [3.8, 4) is 0 Å². The molecule has 0 fully saturated rings. The Morgan fingerprint density at radius 3 is 2.68 bits per heavy atom. The first-order valence-corrected chi connectivity index (χ1v) is 6.63. The van der Waals surface area contributed by atoms with E-state index >= 15 is 0 Å². The zero-order valence-electron chi connectivity index (χ0n) is 12.2. The van der Waals surface area contributed by atoms with E-state index in [1.54, 1.807) is 0 Å². The molecule has 0 amide bonds. The molecule has 0 spiro atoms. The Labute approximate surface area is 133 Å². The van der Waals surface area contributed by atoms with Crippen LogP contribution in [0.3, 0.4) is 0 Å². The number of hydrogen-bond acceptors (Lipinski definition) is 2. The molecule has 0 radical (unpaired) electrons. The summed E-state index contributed by atoms with van der Waals surface area (Å²) in [7, 11) is 0. The number of pyridine rings is 1. The number of guanidine groups is 1. The van der Waals surface area contributed by atoms with Gasteiger partial charge in [-0.2, -0.15) is 0 Å². The third kappa shape index (κ3) is 7.34. The minimum atomic E-state index is 0. The lowest BCUT2D eigenvalue weighted by Gasteiger charge is -2.16. The minimum Gasteiger partial charge on any atom is -0.357 e. The predicted molar refractivity (Wildman–Crippen MR) is 92.1 cm³/mol. The first kappa shape index (κ1) is 18.1. The van der Waals surface area contributed by atoms with E-state index in [0.29, 0.717) is 12.6 Å². The Kier molecular flexibility index (Phi) is 9.55. The van der Waals surface area contributed by atoms with Gasteiger partial charge in [0.1, 0.15) is 0 Å². The van der Waals surface area contributed by atoms with Gasteiger partial charge in [-0.25, -0.2) is 4.99 Å². The molecule has 1 rings (SSSR count). The molecule has 1 aromatic heterocycles. The molecule has 108 valence electrons. The van der Waals surface area contributed by atoms with Gasteiger partial charge in [0.25, 0.3) is 0 Å². The SMILES string of the molecule is CCNC(=NCc1cccc(C)n1)NC(C)CC.I. The molecule has 4 nitrogen and oxygen atoms in total. The standard InChI is InChI=1S/C14H24N4.HI/c1-5-11(3)18-14(15-6-2)16-10-13-9-7-8-12(4)17-13;/h7-9,11H,5-6,10H2,1-4H3,(H2,15,16,18);1H. The fraction of sp³-hybridized carbons (Fsp3) is 0.571. The summed E-state index contributed by atoms with van der Waals surface area (Å²) in [5.41, 5.74) is 2.03. The molecule has 2 N–H and O–H groups in total. The van der Waals surface area contributed by atoms with Crippen molar-refractivity contribution in [2.45, 2.75) is 46.7 Å². The maximum atomic E-state index is 4.54. The second-order valence-electron chi connectivity index (χ2n) is 4.42. The molecule has 0 saturated heterocycles. The molecule has 0 aromatic carbocycles. The summed E-state index contributed by atoms with van der Waals surface area (Å²) in [4.78, 5) is 8.99. The topological polar surface area (TPSA) is 49.3 Å². The van der Waals surface area contributed by atoms with E-state index in [2.05, 4.69) is 41.4 Å². The van der Waals surface area contributed by atoms with E-state index in [-0.39, 0.29) is 24.0 Å². The van der Waals surface area contributed by atoms with Crippen LogP contribution in [-0.4, -0.2) is 23.5 Å². The molecule has 1 heterocycles. The highest BCUT2D eigenvalue weighted by Gasteiger charge is 2.02. The van der Waals surface area contributed by atoms with E-state index in [1.165, 1.54) is 0 Å². The largest absolute Gasteiger partial charge is 0.357 e. The van der Waals surface area contributed by atoms with Gasteiger partial charge in [0.2, 0.25) is 0 Å². The van der Waals surface area contributed by atoms with E-state index in [1.807, 2.05) is 25.1 Å². The molecule has 1 aromatic rings. The second kappa shape index (κ2) is 10.00. The number of aliphatic imine (C=N–C) groups is 1. The van der Waals surface area contributed by atoms with Crippen LogP contribution in [-0.2, 0) is 6.54 Å². The highest BCUT2D eigenvalue weighted by molar-refractivity contribution is 14.0. The average Bonchev–Trinajstić information content (AvgIpc) is 2.36. The van der Waals surface area contributed by atoms with Gasteiger partial charge in [-0.05, 0) is 39.3 Å². The summed E-state index contributed by atoms with van der Waals surface area (Å²) in [5.74, 6) is 0.857. The molecule has 0 aliphatic rings. The number of nitrogens with zero attached hydrogens (tertiary/aromatic N) is 2. The molecule has 0 bridgehead atoms. The lowest BCUT2D eigenvalue weighted by molar-refractivity contribution is 0.624. The maximum absolute atomic E-state index is 4.54. The van der Waals surface area contributed by atoms with Crippen LogP contribution < -0.4 is 10.6 Å². The van der Waals surface area contributed by atoms with Gasteiger partial charge in [-0.3, -0.25) is 4.98 Å². The van der Waals surface area contributed by atoms with Gasteiger partial charge in [0.15, 0.2) is 5.96 Å². The molecule has 5 heteroatoms. The van der Waals surface area contributed by atoms with Crippen molar-refractivity contribution < 1.29 is 0 Å². The molecule has 1 unspecified atom stereocenters. The number of halogens is 1. The Morgan fingerprint density at radius 1 is 1.37 bits per heavy atom. The number of aryl methyl sites for hydroxylation is 1. The number of hydrogen-bond donors (Lipinski definition) is 2. The molecule has 19 heavy (non-hydrogen) atoms. The Balaban J connectivity index is 0.00000324. The van der Waals surface area contributed by atoms with Crippen LogP contribution in [0.4, 0.5) is 0 Å². The molecular weight excluding hydrogens is 351 g/mol. The van der Waals surface area contributed by atoms with Gasteiger partial charge in [0.05, 0.1) is 12.2 Å². The lowest BCUT2D eigenvalue weighted by atomic mass is 10.3. The van der Waals surface area contributed by atoms with E-state index in [9.17, 15) is 0 Å². The smallest absolute Gasteiger partial charge is 0.191 e. The van der Waals surface area contributed by atoms with Crippen LogP contribution in [0.1, 0.15) is 38.6 Å². The molecular formula is C14H25IN4. The Morgan fingerprint density at radius 2 is 2.11 bits per heavy atom. The van der Waals surface area contributed by atoms with Crippen LogP contribution in [0.25, 0.3) is 0 Å². The molecule has 1 atom stereocenters. The van der Waals surface area contributed by atoms with Crippen LogP contribution in [0, 0.1) is 6.92 Å². The summed E-state index contributed by atoms with van der Waals surface area (Å²) in [6.45, 7) is 9.84. The average molecular weight is 376 g/mol. The first-order valence-electron chi connectivity index (χ1n) is 6.63. The molecule has 0 saturated carbocycles. The van der Waals surface area contributed by atoms with Gasteiger partial charge in [-0.15, -0.1) is 24.0 Å². The molecule has 0 aliphatic heterocycles. The van der Waals surface area contributed by atoms with Crippen molar-refractivity contribution in [3.63, 3.8) is 0 Å². The highest BCUT2D eigenvalue weighted by atomic mass is 127. The van der Waals surface area contributed by atoms with Crippen LogP contribution >= 0.6 is 24.0 Å². The number of rotatable bonds is 5. The first-order chi connectivity index (χ1) is 8.65. The monoisotopic (exact) mass is 376 g/mol. The summed E-state index contributed by atoms with van der Waals surface area (Å²) >= 11 is 0. The van der Waals surface area contributed by atoms with Crippen molar-refractivity contribution in [2.75, 3.05) is 6.54 Å². The van der Waals surface area contributed by atoms with Gasteiger partial charge in [-0.1, -0.05) is 13.0 Å². The maximum Gasteiger partial charge on any atom is 0.191 e. The summed E-state index contributed by atoms with van der Waals surface area (Å²) in [6.07, 6.45) is 1.08. The van der Waals surface area contributed by atoms with Gasteiger partial charge >= 0.3 is 0 Å². The fourth-order valence-corrected chi connectivity index (χ4v) is 1.50. The minimum absolute atomic E-state index is 0. The Hall–Kier alpha value is -0.850. The predicted octanol–water partition coefficient (Wildman–Crippen LogP) is 2.86. The normalized spacial score (nSPS) is 12.5. The number of aromatic nitrogens is 1.